The van der Waals surface area contributed by atoms with E-state index in [1.165, 1.54) is 5.56 Å². The Morgan fingerprint density at radius 2 is 2.12 bits per heavy atom. The molecule has 1 aliphatic rings. The number of methoxy groups -OCH3 is 1. The molecular formula is C14H17NO2. The molecule has 1 unspecified atom stereocenters. The first-order valence-electron chi connectivity index (χ1n) is 5.77. The van der Waals surface area contributed by atoms with Crippen LogP contribution in [0.3, 0.4) is 0 Å². The fraction of sp³-hybridized carbons (Fsp3) is 0.357. The second-order valence-electron chi connectivity index (χ2n) is 4.22. The quantitative estimate of drug-likeness (QED) is 0.745. The number of carbonyl (C=O) groups is 1. The number of carbonyl (C=O) groups excluding carboxylic acids is 1. The van der Waals surface area contributed by atoms with E-state index in [-0.39, 0.29) is 11.9 Å². The van der Waals surface area contributed by atoms with E-state index in [4.69, 9.17) is 4.74 Å². The van der Waals surface area contributed by atoms with Gasteiger partial charge in [0.2, 0.25) is 5.91 Å². The van der Waals surface area contributed by atoms with E-state index in [9.17, 15) is 4.79 Å². The highest BCUT2D eigenvalue weighted by Gasteiger charge is 2.21. The highest BCUT2D eigenvalue weighted by molar-refractivity contribution is 5.74. The molecule has 1 amide bonds. The van der Waals surface area contributed by atoms with Crippen LogP contribution >= 0.6 is 0 Å². The zero-order valence-electron chi connectivity index (χ0n) is 10.2. The van der Waals surface area contributed by atoms with Gasteiger partial charge in [-0.25, -0.2) is 0 Å². The third-order valence-corrected chi connectivity index (χ3v) is 3.07. The molecule has 0 bridgehead atoms. The smallest absolute Gasteiger partial charge is 0.220 e. The van der Waals surface area contributed by atoms with Gasteiger partial charge in [-0.1, -0.05) is 24.3 Å². The van der Waals surface area contributed by atoms with Gasteiger partial charge in [-0.05, 0) is 24.1 Å². The van der Waals surface area contributed by atoms with Crippen LogP contribution in [-0.4, -0.2) is 30.5 Å². The molecule has 0 aromatic heterocycles. The van der Waals surface area contributed by atoms with Crippen LogP contribution in [0.25, 0.3) is 0 Å². The van der Waals surface area contributed by atoms with E-state index in [1.807, 2.05) is 29.2 Å². The first-order chi connectivity index (χ1) is 8.20. The molecular weight excluding hydrogens is 214 g/mol. The Kier molecular flexibility index (Phi) is 3.47. The Labute approximate surface area is 102 Å². The fourth-order valence-corrected chi connectivity index (χ4v) is 2.11. The Morgan fingerprint density at radius 3 is 2.71 bits per heavy atom. The molecule has 1 heterocycles. The molecule has 0 aliphatic carbocycles. The molecule has 3 heteroatoms. The van der Waals surface area contributed by atoms with Crippen molar-refractivity contribution >= 4 is 5.91 Å². The minimum absolute atomic E-state index is 0.133. The highest BCUT2D eigenvalue weighted by atomic mass is 16.5. The molecule has 1 aromatic carbocycles. The predicted octanol–water partition coefficient (Wildman–Crippen LogP) is 2.02. The molecule has 0 saturated heterocycles. The maximum absolute atomic E-state index is 11.4. The monoisotopic (exact) mass is 231 g/mol. The van der Waals surface area contributed by atoms with Crippen LogP contribution in [0.2, 0.25) is 0 Å². The molecule has 1 atom stereocenters. The van der Waals surface area contributed by atoms with Crippen molar-refractivity contribution in [3.63, 3.8) is 0 Å². The van der Waals surface area contributed by atoms with Gasteiger partial charge >= 0.3 is 0 Å². The average molecular weight is 231 g/mol. The Hall–Kier alpha value is -1.77. The predicted molar refractivity (Wildman–Crippen MR) is 67.0 cm³/mol. The Balaban J connectivity index is 2.04. The first kappa shape index (κ1) is 11.7. The summed E-state index contributed by atoms with van der Waals surface area (Å²) in [6.45, 7) is 2.35. The summed E-state index contributed by atoms with van der Waals surface area (Å²) in [7, 11) is 1.66. The van der Waals surface area contributed by atoms with Gasteiger partial charge in [-0.15, -0.1) is 0 Å². The maximum atomic E-state index is 11.4. The van der Waals surface area contributed by atoms with Crippen molar-refractivity contribution in [3.05, 3.63) is 42.0 Å². The lowest BCUT2D eigenvalue weighted by Gasteiger charge is -2.23. The molecule has 0 N–H and O–H groups in total. The number of ether oxygens (including phenoxy) is 1. The third kappa shape index (κ3) is 2.67. The summed E-state index contributed by atoms with van der Waals surface area (Å²) in [6, 6.07) is 8.19. The van der Waals surface area contributed by atoms with Gasteiger partial charge < -0.3 is 9.64 Å². The molecule has 2 rings (SSSR count). The van der Waals surface area contributed by atoms with Crippen molar-refractivity contribution in [3.8, 4) is 5.75 Å². The molecule has 0 spiro atoms. The van der Waals surface area contributed by atoms with Gasteiger partial charge in [-0.2, -0.15) is 0 Å². The van der Waals surface area contributed by atoms with Gasteiger partial charge in [0.15, 0.2) is 0 Å². The summed E-state index contributed by atoms with van der Waals surface area (Å²) in [4.78, 5) is 13.3. The zero-order chi connectivity index (χ0) is 12.3. The van der Waals surface area contributed by atoms with Crippen LogP contribution < -0.4 is 4.74 Å². The second-order valence-corrected chi connectivity index (χ2v) is 4.22. The summed E-state index contributed by atoms with van der Waals surface area (Å²) in [5.41, 5.74) is 1.22. The van der Waals surface area contributed by atoms with E-state index in [0.29, 0.717) is 0 Å². The summed E-state index contributed by atoms with van der Waals surface area (Å²) >= 11 is 0. The van der Waals surface area contributed by atoms with Crippen molar-refractivity contribution in [1.29, 1.82) is 0 Å². The summed E-state index contributed by atoms with van der Waals surface area (Å²) in [5, 5.41) is 0. The van der Waals surface area contributed by atoms with Crippen LogP contribution in [-0.2, 0) is 11.2 Å². The summed E-state index contributed by atoms with van der Waals surface area (Å²) < 4.78 is 5.12. The third-order valence-electron chi connectivity index (χ3n) is 3.07. The normalized spacial score (nSPS) is 18.5. The van der Waals surface area contributed by atoms with Gasteiger partial charge in [0, 0.05) is 13.5 Å². The van der Waals surface area contributed by atoms with Crippen LogP contribution in [0.15, 0.2) is 36.4 Å². The highest BCUT2D eigenvalue weighted by Crippen LogP contribution is 2.18. The number of benzene rings is 1. The van der Waals surface area contributed by atoms with Crippen molar-refractivity contribution < 1.29 is 9.53 Å². The molecule has 0 saturated carbocycles. The molecule has 90 valence electrons. The molecule has 17 heavy (non-hydrogen) atoms. The molecule has 1 aromatic rings. The van der Waals surface area contributed by atoms with E-state index < -0.39 is 0 Å². The van der Waals surface area contributed by atoms with E-state index in [1.54, 1.807) is 14.0 Å². The molecule has 0 fully saturated rings. The standard InChI is InChI=1S/C14H17NO2/c1-11(16)15-9-3-4-13(15)10-12-5-7-14(17-2)8-6-12/h3-8,13H,9-10H2,1-2H3. The van der Waals surface area contributed by atoms with E-state index in [2.05, 4.69) is 12.2 Å². The van der Waals surface area contributed by atoms with Gasteiger partial charge in [0.25, 0.3) is 0 Å². The maximum Gasteiger partial charge on any atom is 0.220 e. The number of hydrogen-bond donors (Lipinski definition) is 0. The lowest BCUT2D eigenvalue weighted by atomic mass is 10.1. The lowest BCUT2D eigenvalue weighted by molar-refractivity contribution is -0.129. The molecule has 1 aliphatic heterocycles. The summed E-state index contributed by atoms with van der Waals surface area (Å²) in [6.07, 6.45) is 5.02. The van der Waals surface area contributed by atoms with Gasteiger partial charge in [0.1, 0.15) is 5.75 Å². The molecule has 0 radical (unpaired) electrons. The first-order valence-corrected chi connectivity index (χ1v) is 5.77. The number of rotatable bonds is 3. The topological polar surface area (TPSA) is 29.5 Å². The van der Waals surface area contributed by atoms with Crippen LogP contribution in [0.4, 0.5) is 0 Å². The second kappa shape index (κ2) is 5.04. The van der Waals surface area contributed by atoms with Crippen LogP contribution in [0, 0.1) is 0 Å². The molecule has 3 nitrogen and oxygen atoms in total. The number of nitrogens with zero attached hydrogens (tertiary/aromatic N) is 1. The van der Waals surface area contributed by atoms with Crippen molar-refractivity contribution in [2.24, 2.45) is 0 Å². The fourth-order valence-electron chi connectivity index (χ4n) is 2.11. The Bertz CT molecular complexity index is 422. The lowest BCUT2D eigenvalue weighted by Crippen LogP contribution is -2.35. The van der Waals surface area contributed by atoms with Crippen LogP contribution in [0.5, 0.6) is 5.75 Å². The minimum atomic E-state index is 0.133. The average Bonchev–Trinajstić information content (AvgIpc) is 2.78. The van der Waals surface area contributed by atoms with Gasteiger partial charge in [-0.3, -0.25) is 4.79 Å². The number of hydrogen-bond acceptors (Lipinski definition) is 2. The van der Waals surface area contributed by atoms with Crippen molar-refractivity contribution in [2.45, 2.75) is 19.4 Å². The zero-order valence-corrected chi connectivity index (χ0v) is 10.2. The van der Waals surface area contributed by atoms with E-state index in [0.717, 1.165) is 18.7 Å². The van der Waals surface area contributed by atoms with E-state index >= 15 is 0 Å². The number of amides is 1. The summed E-state index contributed by atoms with van der Waals surface area (Å²) in [5.74, 6) is 0.993. The van der Waals surface area contributed by atoms with Crippen molar-refractivity contribution in [2.75, 3.05) is 13.7 Å². The largest absolute Gasteiger partial charge is 0.497 e. The Morgan fingerprint density at radius 1 is 1.41 bits per heavy atom. The van der Waals surface area contributed by atoms with Crippen molar-refractivity contribution in [1.82, 2.24) is 4.90 Å². The minimum Gasteiger partial charge on any atom is -0.497 e. The SMILES string of the molecule is COc1ccc(CC2C=CCN2C(C)=O)cc1. The van der Waals surface area contributed by atoms with Crippen LogP contribution in [0.1, 0.15) is 12.5 Å². The van der Waals surface area contributed by atoms with Gasteiger partial charge in [0.05, 0.1) is 13.2 Å².